The summed E-state index contributed by atoms with van der Waals surface area (Å²) in [6, 6.07) is 14.1. The number of aromatic nitrogens is 1. The Kier molecular flexibility index (Phi) is 4.54. The maximum atomic E-state index is 12.4. The SMILES string of the molecule is Cc1cc(C)c(N=C2NC(=O)/C(=C\c3ccc4ncccc4c3)S2)c(C)c1. The minimum atomic E-state index is -0.118. The first-order valence-corrected chi connectivity index (χ1v) is 9.53. The highest BCUT2D eigenvalue weighted by molar-refractivity contribution is 8.18. The van der Waals surface area contributed by atoms with Crippen LogP contribution in [0.4, 0.5) is 5.69 Å². The zero-order valence-corrected chi connectivity index (χ0v) is 16.2. The Morgan fingerprint density at radius 1 is 1.07 bits per heavy atom. The summed E-state index contributed by atoms with van der Waals surface area (Å²) in [7, 11) is 0. The number of thioether (sulfide) groups is 1. The van der Waals surface area contributed by atoms with Gasteiger partial charge in [-0.25, -0.2) is 4.99 Å². The van der Waals surface area contributed by atoms with E-state index in [2.05, 4.69) is 34.3 Å². The highest BCUT2D eigenvalue weighted by Gasteiger charge is 2.24. The number of aliphatic imine (C=N–C) groups is 1. The van der Waals surface area contributed by atoms with Gasteiger partial charge >= 0.3 is 0 Å². The van der Waals surface area contributed by atoms with E-state index in [1.165, 1.54) is 17.3 Å². The summed E-state index contributed by atoms with van der Waals surface area (Å²) in [5.41, 5.74) is 6.25. The minimum absolute atomic E-state index is 0.118. The van der Waals surface area contributed by atoms with Gasteiger partial charge in [-0.15, -0.1) is 0 Å². The van der Waals surface area contributed by atoms with E-state index < -0.39 is 0 Å². The van der Waals surface area contributed by atoms with Gasteiger partial charge in [0.2, 0.25) is 0 Å². The van der Waals surface area contributed by atoms with Gasteiger partial charge in [-0.3, -0.25) is 9.78 Å². The van der Waals surface area contributed by atoms with Crippen LogP contribution in [0.25, 0.3) is 17.0 Å². The van der Waals surface area contributed by atoms with Crippen molar-refractivity contribution < 1.29 is 4.79 Å². The number of amides is 1. The molecule has 0 saturated carbocycles. The Bertz CT molecular complexity index is 1110. The summed E-state index contributed by atoms with van der Waals surface area (Å²) < 4.78 is 0. The van der Waals surface area contributed by atoms with Crippen molar-refractivity contribution in [1.82, 2.24) is 10.3 Å². The van der Waals surface area contributed by atoms with Crippen molar-refractivity contribution in [3.63, 3.8) is 0 Å². The van der Waals surface area contributed by atoms with Crippen molar-refractivity contribution in [1.29, 1.82) is 0 Å². The third kappa shape index (κ3) is 3.64. The Hall–Kier alpha value is -2.92. The van der Waals surface area contributed by atoms with Gasteiger partial charge in [-0.2, -0.15) is 0 Å². The molecular formula is C22H19N3OS. The summed E-state index contributed by atoms with van der Waals surface area (Å²) in [6.07, 6.45) is 3.67. The van der Waals surface area contributed by atoms with Crippen LogP contribution in [0.3, 0.4) is 0 Å². The minimum Gasteiger partial charge on any atom is -0.300 e. The van der Waals surface area contributed by atoms with Crippen molar-refractivity contribution in [2.45, 2.75) is 20.8 Å². The lowest BCUT2D eigenvalue weighted by Gasteiger charge is -2.07. The first-order chi connectivity index (χ1) is 13.0. The number of nitrogens with one attached hydrogen (secondary N) is 1. The maximum Gasteiger partial charge on any atom is 0.264 e. The molecule has 1 aliphatic rings. The normalized spacial score (nSPS) is 17.1. The van der Waals surface area contributed by atoms with Gasteiger partial charge in [0.15, 0.2) is 5.17 Å². The Morgan fingerprint density at radius 3 is 2.63 bits per heavy atom. The maximum absolute atomic E-state index is 12.4. The molecule has 4 rings (SSSR count). The van der Waals surface area contributed by atoms with Crippen LogP contribution in [-0.4, -0.2) is 16.1 Å². The third-order valence-corrected chi connectivity index (χ3v) is 5.33. The molecule has 1 N–H and O–H groups in total. The average molecular weight is 373 g/mol. The molecule has 134 valence electrons. The molecule has 0 unspecified atom stereocenters. The van der Waals surface area contributed by atoms with E-state index in [0.717, 1.165) is 33.3 Å². The lowest BCUT2D eigenvalue weighted by molar-refractivity contribution is -0.115. The van der Waals surface area contributed by atoms with Gasteiger partial charge in [0.05, 0.1) is 16.1 Å². The molecule has 0 bridgehead atoms. The predicted molar refractivity (Wildman–Crippen MR) is 113 cm³/mol. The quantitative estimate of drug-likeness (QED) is 0.640. The van der Waals surface area contributed by atoms with Crippen LogP contribution < -0.4 is 5.32 Å². The van der Waals surface area contributed by atoms with Gasteiger partial charge in [-0.05, 0) is 73.5 Å². The molecular weight excluding hydrogens is 354 g/mol. The van der Waals surface area contributed by atoms with Crippen molar-refractivity contribution in [2.24, 2.45) is 4.99 Å². The third-order valence-electron chi connectivity index (χ3n) is 4.42. The monoisotopic (exact) mass is 373 g/mol. The van der Waals surface area contributed by atoms with E-state index in [1.807, 2.05) is 50.3 Å². The number of nitrogens with zero attached hydrogens (tertiary/aromatic N) is 2. The zero-order valence-electron chi connectivity index (χ0n) is 15.4. The fourth-order valence-electron chi connectivity index (χ4n) is 3.27. The second-order valence-corrected chi connectivity index (χ2v) is 7.72. The van der Waals surface area contributed by atoms with Crippen LogP contribution in [0, 0.1) is 20.8 Å². The molecule has 3 aromatic rings. The van der Waals surface area contributed by atoms with Gasteiger partial charge in [0, 0.05) is 11.6 Å². The van der Waals surface area contributed by atoms with Gasteiger partial charge < -0.3 is 5.32 Å². The van der Waals surface area contributed by atoms with E-state index in [1.54, 1.807) is 6.20 Å². The first-order valence-electron chi connectivity index (χ1n) is 8.72. The van der Waals surface area contributed by atoms with Crippen molar-refractivity contribution >= 4 is 45.5 Å². The molecule has 1 fully saturated rings. The van der Waals surface area contributed by atoms with Crippen molar-refractivity contribution in [2.75, 3.05) is 0 Å². The molecule has 1 amide bonds. The fourth-order valence-corrected chi connectivity index (χ4v) is 4.09. The van der Waals surface area contributed by atoms with Gasteiger partial charge in [0.25, 0.3) is 5.91 Å². The van der Waals surface area contributed by atoms with E-state index in [9.17, 15) is 4.79 Å². The average Bonchev–Trinajstić information content (AvgIpc) is 2.97. The van der Waals surface area contributed by atoms with Crippen molar-refractivity contribution in [3.05, 3.63) is 75.8 Å². The van der Waals surface area contributed by atoms with Crippen LogP contribution in [0.1, 0.15) is 22.3 Å². The molecule has 0 aliphatic carbocycles. The van der Waals surface area contributed by atoms with Crippen LogP contribution in [-0.2, 0) is 4.79 Å². The predicted octanol–water partition coefficient (Wildman–Crippen LogP) is 5.05. The number of hydrogen-bond donors (Lipinski definition) is 1. The number of hydrogen-bond acceptors (Lipinski definition) is 4. The van der Waals surface area contributed by atoms with Gasteiger partial charge in [0.1, 0.15) is 0 Å². The number of amidine groups is 1. The number of carbonyl (C=O) groups excluding carboxylic acids is 1. The number of rotatable bonds is 2. The zero-order chi connectivity index (χ0) is 19.0. The summed E-state index contributed by atoms with van der Waals surface area (Å²) in [5.74, 6) is -0.118. The summed E-state index contributed by atoms with van der Waals surface area (Å²) >= 11 is 1.37. The molecule has 0 atom stereocenters. The van der Waals surface area contributed by atoms with Crippen LogP contribution in [0.15, 0.2) is 58.6 Å². The number of aryl methyl sites for hydroxylation is 3. The summed E-state index contributed by atoms with van der Waals surface area (Å²) in [4.78, 5) is 22.0. The lowest BCUT2D eigenvalue weighted by Crippen LogP contribution is -2.19. The lowest BCUT2D eigenvalue weighted by atomic mass is 10.1. The van der Waals surface area contributed by atoms with Crippen LogP contribution in [0.2, 0.25) is 0 Å². The van der Waals surface area contributed by atoms with E-state index in [4.69, 9.17) is 0 Å². The molecule has 1 aromatic heterocycles. The molecule has 4 nitrogen and oxygen atoms in total. The molecule has 2 heterocycles. The van der Waals surface area contributed by atoms with Crippen molar-refractivity contribution in [3.8, 4) is 0 Å². The molecule has 2 aromatic carbocycles. The Labute approximate surface area is 162 Å². The number of pyridine rings is 1. The molecule has 27 heavy (non-hydrogen) atoms. The highest BCUT2D eigenvalue weighted by atomic mass is 32.2. The smallest absolute Gasteiger partial charge is 0.264 e. The standard InChI is InChI=1S/C22H19N3OS/c1-13-9-14(2)20(15(3)10-13)24-22-25-21(26)19(27-22)12-16-6-7-18-17(11-16)5-4-8-23-18/h4-12H,1-3H3,(H,24,25,26)/b19-12+. The first kappa shape index (κ1) is 17.5. The van der Waals surface area contributed by atoms with E-state index in [0.29, 0.717) is 10.1 Å². The van der Waals surface area contributed by atoms with Gasteiger partial charge in [-0.1, -0.05) is 29.8 Å². The highest BCUT2D eigenvalue weighted by Crippen LogP contribution is 2.31. The molecule has 1 aliphatic heterocycles. The van der Waals surface area contributed by atoms with E-state index in [-0.39, 0.29) is 5.91 Å². The topological polar surface area (TPSA) is 54.4 Å². The second-order valence-electron chi connectivity index (χ2n) is 6.68. The largest absolute Gasteiger partial charge is 0.300 e. The molecule has 0 radical (unpaired) electrons. The van der Waals surface area contributed by atoms with E-state index >= 15 is 0 Å². The molecule has 0 spiro atoms. The summed E-state index contributed by atoms with van der Waals surface area (Å²) in [5, 5.41) is 4.54. The number of benzene rings is 2. The Morgan fingerprint density at radius 2 is 1.85 bits per heavy atom. The number of fused-ring (bicyclic) bond motifs is 1. The summed E-state index contributed by atoms with van der Waals surface area (Å²) in [6.45, 7) is 6.16. The van der Waals surface area contributed by atoms with Crippen LogP contribution >= 0.6 is 11.8 Å². The molecule has 5 heteroatoms. The Balaban J connectivity index is 1.64. The molecule has 1 saturated heterocycles. The number of carbonyl (C=O) groups is 1. The van der Waals surface area contributed by atoms with Crippen LogP contribution in [0.5, 0.6) is 0 Å². The second kappa shape index (κ2) is 7.00. The fraction of sp³-hybridized carbons (Fsp3) is 0.136.